The number of aryl methyl sites for hydroxylation is 1. The minimum Gasteiger partial charge on any atom is -0.493 e. The van der Waals surface area contributed by atoms with Gasteiger partial charge in [-0.05, 0) is 31.4 Å². The van der Waals surface area contributed by atoms with Gasteiger partial charge < -0.3 is 24.8 Å². The van der Waals surface area contributed by atoms with Crippen molar-refractivity contribution in [2.45, 2.75) is 32.2 Å². The molecule has 150 valence electrons. The molecular weight excluding hydrogens is 354 g/mol. The van der Waals surface area contributed by atoms with Gasteiger partial charge in [0, 0.05) is 36.3 Å². The molecule has 0 spiro atoms. The maximum Gasteiger partial charge on any atom is 0.203 e. The number of nitrogens with zero attached hydrogens (tertiary/aromatic N) is 1. The van der Waals surface area contributed by atoms with Gasteiger partial charge >= 0.3 is 0 Å². The lowest BCUT2D eigenvalue weighted by atomic mass is 10.0. The van der Waals surface area contributed by atoms with Crippen LogP contribution in [-0.4, -0.2) is 39.9 Å². The van der Waals surface area contributed by atoms with E-state index < -0.39 is 0 Å². The van der Waals surface area contributed by atoms with Crippen molar-refractivity contribution in [2.24, 2.45) is 4.99 Å². The molecule has 2 aromatic rings. The highest BCUT2D eigenvalue weighted by Crippen LogP contribution is 2.42. The Morgan fingerprint density at radius 2 is 1.75 bits per heavy atom. The zero-order chi connectivity index (χ0) is 20.1. The lowest BCUT2D eigenvalue weighted by Gasteiger charge is -2.17. The Bertz CT molecular complexity index is 826. The second-order valence-corrected chi connectivity index (χ2v) is 6.81. The van der Waals surface area contributed by atoms with E-state index in [2.05, 4.69) is 46.8 Å². The van der Waals surface area contributed by atoms with Crippen LogP contribution in [0.15, 0.2) is 41.4 Å². The van der Waals surface area contributed by atoms with Gasteiger partial charge in [-0.2, -0.15) is 0 Å². The SMILES string of the molecule is CCN=C(Nc1cc(OC)c(OC)c(OC)c1)NC1CC1c1ccccc1C. The molecule has 2 unspecified atom stereocenters. The largest absolute Gasteiger partial charge is 0.493 e. The van der Waals surface area contributed by atoms with E-state index in [9.17, 15) is 0 Å². The normalized spacial score (nSPS) is 18.4. The van der Waals surface area contributed by atoms with Crippen LogP contribution < -0.4 is 24.8 Å². The highest BCUT2D eigenvalue weighted by molar-refractivity contribution is 5.94. The molecule has 0 aliphatic heterocycles. The summed E-state index contributed by atoms with van der Waals surface area (Å²) in [5.74, 6) is 3.04. The molecule has 0 heterocycles. The molecule has 2 aromatic carbocycles. The van der Waals surface area contributed by atoms with Gasteiger partial charge in [-0.1, -0.05) is 24.3 Å². The van der Waals surface area contributed by atoms with E-state index in [1.165, 1.54) is 11.1 Å². The van der Waals surface area contributed by atoms with Gasteiger partial charge in [0.1, 0.15) is 0 Å². The summed E-state index contributed by atoms with van der Waals surface area (Å²) in [6.07, 6.45) is 1.10. The standard InChI is InChI=1S/C22H29N3O3/c1-6-23-22(25-18-13-17(18)16-10-8-7-9-14(16)2)24-15-11-19(26-3)21(28-5)20(12-15)27-4/h7-12,17-18H,6,13H2,1-5H3,(H2,23,24,25). The van der Waals surface area contributed by atoms with Crippen LogP contribution in [0.5, 0.6) is 17.2 Å². The third-order valence-corrected chi connectivity index (χ3v) is 4.94. The number of anilines is 1. The van der Waals surface area contributed by atoms with E-state index in [1.807, 2.05) is 19.1 Å². The monoisotopic (exact) mass is 383 g/mol. The van der Waals surface area contributed by atoms with Gasteiger partial charge in [0.05, 0.1) is 21.3 Å². The topological polar surface area (TPSA) is 64.1 Å². The molecule has 2 atom stereocenters. The summed E-state index contributed by atoms with van der Waals surface area (Å²) in [6.45, 7) is 4.87. The van der Waals surface area contributed by atoms with Gasteiger partial charge in [0.2, 0.25) is 5.75 Å². The lowest BCUT2D eigenvalue weighted by molar-refractivity contribution is 0.324. The molecule has 28 heavy (non-hydrogen) atoms. The maximum atomic E-state index is 5.44. The van der Waals surface area contributed by atoms with Crippen LogP contribution >= 0.6 is 0 Å². The molecule has 1 saturated carbocycles. The number of aliphatic imine (C=N–C) groups is 1. The van der Waals surface area contributed by atoms with Crippen LogP contribution in [-0.2, 0) is 0 Å². The summed E-state index contributed by atoms with van der Waals surface area (Å²) in [6, 6.07) is 12.7. The molecule has 1 fully saturated rings. The first kappa shape index (κ1) is 19.9. The molecule has 0 aromatic heterocycles. The number of guanidine groups is 1. The number of ether oxygens (including phenoxy) is 3. The minimum atomic E-state index is 0.376. The summed E-state index contributed by atoms with van der Waals surface area (Å²) in [7, 11) is 4.81. The molecular formula is C22H29N3O3. The fraction of sp³-hybridized carbons (Fsp3) is 0.409. The van der Waals surface area contributed by atoms with Crippen LogP contribution in [0.25, 0.3) is 0 Å². The first-order valence-electron chi connectivity index (χ1n) is 9.54. The number of hydrogen-bond donors (Lipinski definition) is 2. The van der Waals surface area contributed by atoms with Crippen molar-refractivity contribution in [3.63, 3.8) is 0 Å². The Hall–Kier alpha value is -2.89. The molecule has 0 saturated heterocycles. The smallest absolute Gasteiger partial charge is 0.203 e. The predicted octanol–water partition coefficient (Wildman–Crippen LogP) is 3.95. The number of hydrogen-bond acceptors (Lipinski definition) is 4. The average Bonchev–Trinajstić information content (AvgIpc) is 3.46. The van der Waals surface area contributed by atoms with Gasteiger partial charge in [0.25, 0.3) is 0 Å². The van der Waals surface area contributed by atoms with E-state index in [-0.39, 0.29) is 0 Å². The number of methoxy groups -OCH3 is 3. The molecule has 1 aliphatic rings. The van der Waals surface area contributed by atoms with Crippen molar-refractivity contribution in [1.29, 1.82) is 0 Å². The molecule has 6 heteroatoms. The van der Waals surface area contributed by atoms with Gasteiger partial charge in [-0.3, -0.25) is 4.99 Å². The second-order valence-electron chi connectivity index (χ2n) is 6.81. The van der Waals surface area contributed by atoms with Crippen molar-refractivity contribution in [2.75, 3.05) is 33.2 Å². The fourth-order valence-electron chi connectivity index (χ4n) is 3.45. The lowest BCUT2D eigenvalue weighted by Crippen LogP contribution is -2.33. The summed E-state index contributed by atoms with van der Waals surface area (Å²) in [5, 5.41) is 6.91. The molecule has 0 radical (unpaired) electrons. The van der Waals surface area contributed by atoms with Crippen LogP contribution in [0, 0.1) is 6.92 Å². The molecule has 0 bridgehead atoms. The Morgan fingerprint density at radius 3 is 2.32 bits per heavy atom. The van der Waals surface area contributed by atoms with Gasteiger partial charge in [0.15, 0.2) is 17.5 Å². The Labute approximate surface area is 166 Å². The highest BCUT2D eigenvalue weighted by atomic mass is 16.5. The van der Waals surface area contributed by atoms with Crippen LogP contribution in [0.4, 0.5) is 5.69 Å². The number of benzene rings is 2. The zero-order valence-electron chi connectivity index (χ0n) is 17.2. The van der Waals surface area contributed by atoms with E-state index >= 15 is 0 Å². The van der Waals surface area contributed by atoms with Crippen molar-refractivity contribution in [3.05, 3.63) is 47.5 Å². The molecule has 3 rings (SSSR count). The van der Waals surface area contributed by atoms with E-state index in [0.717, 1.165) is 18.1 Å². The summed E-state index contributed by atoms with van der Waals surface area (Å²) < 4.78 is 16.3. The van der Waals surface area contributed by atoms with Crippen molar-refractivity contribution >= 4 is 11.6 Å². The predicted molar refractivity (Wildman–Crippen MR) is 113 cm³/mol. The van der Waals surface area contributed by atoms with Crippen molar-refractivity contribution in [1.82, 2.24) is 5.32 Å². The molecule has 2 N–H and O–H groups in total. The summed E-state index contributed by atoms with van der Waals surface area (Å²) in [5.41, 5.74) is 3.56. The van der Waals surface area contributed by atoms with Crippen LogP contribution in [0.1, 0.15) is 30.4 Å². The third kappa shape index (κ3) is 4.32. The Balaban J connectivity index is 1.74. The quantitative estimate of drug-likeness (QED) is 0.560. The molecule has 0 amide bonds. The Morgan fingerprint density at radius 1 is 1.07 bits per heavy atom. The van der Waals surface area contributed by atoms with E-state index in [4.69, 9.17) is 14.2 Å². The van der Waals surface area contributed by atoms with E-state index in [0.29, 0.717) is 35.8 Å². The van der Waals surface area contributed by atoms with Crippen molar-refractivity contribution < 1.29 is 14.2 Å². The number of nitrogens with one attached hydrogen (secondary N) is 2. The first-order valence-corrected chi connectivity index (χ1v) is 9.54. The Kier molecular flexibility index (Phi) is 6.29. The minimum absolute atomic E-state index is 0.376. The zero-order valence-corrected chi connectivity index (χ0v) is 17.2. The van der Waals surface area contributed by atoms with Gasteiger partial charge in [-0.15, -0.1) is 0 Å². The van der Waals surface area contributed by atoms with Crippen LogP contribution in [0.3, 0.4) is 0 Å². The summed E-state index contributed by atoms with van der Waals surface area (Å²) >= 11 is 0. The van der Waals surface area contributed by atoms with Crippen molar-refractivity contribution in [3.8, 4) is 17.2 Å². The summed E-state index contributed by atoms with van der Waals surface area (Å²) in [4.78, 5) is 4.59. The van der Waals surface area contributed by atoms with Crippen LogP contribution in [0.2, 0.25) is 0 Å². The highest BCUT2D eigenvalue weighted by Gasteiger charge is 2.39. The van der Waals surface area contributed by atoms with Gasteiger partial charge in [-0.25, -0.2) is 0 Å². The first-order chi connectivity index (χ1) is 13.6. The molecule has 1 aliphatic carbocycles. The van der Waals surface area contributed by atoms with E-state index in [1.54, 1.807) is 21.3 Å². The second kappa shape index (κ2) is 8.87. The maximum absolute atomic E-state index is 5.44. The fourth-order valence-corrected chi connectivity index (χ4v) is 3.45. The average molecular weight is 383 g/mol. The number of rotatable bonds is 7. The molecule has 6 nitrogen and oxygen atoms in total. The third-order valence-electron chi connectivity index (χ3n) is 4.94.